The lowest BCUT2D eigenvalue weighted by molar-refractivity contribution is 0.0954. The maximum absolute atomic E-state index is 12.4. The third-order valence-corrected chi connectivity index (χ3v) is 4.62. The van der Waals surface area contributed by atoms with Gasteiger partial charge in [-0.15, -0.1) is 10.2 Å². The zero-order chi connectivity index (χ0) is 18.8. The summed E-state index contributed by atoms with van der Waals surface area (Å²) in [4.78, 5) is 20.4. The van der Waals surface area contributed by atoms with Gasteiger partial charge in [-0.3, -0.25) is 9.36 Å². The van der Waals surface area contributed by atoms with Crippen LogP contribution >= 0.6 is 0 Å². The summed E-state index contributed by atoms with van der Waals surface area (Å²) in [5.41, 5.74) is 5.88. The van der Waals surface area contributed by atoms with Crippen LogP contribution in [0.2, 0.25) is 0 Å². The molecular formula is C20H20N6O. The summed E-state index contributed by atoms with van der Waals surface area (Å²) in [6.45, 7) is 4.67. The number of hydrogen-bond acceptors (Lipinski definition) is 4. The van der Waals surface area contributed by atoms with Crippen LogP contribution in [0.25, 0.3) is 16.7 Å². The molecule has 0 aliphatic carbocycles. The second-order valence-corrected chi connectivity index (χ2v) is 6.56. The fourth-order valence-electron chi connectivity index (χ4n) is 2.98. The Morgan fingerprint density at radius 3 is 2.70 bits per heavy atom. The van der Waals surface area contributed by atoms with Gasteiger partial charge in [0.1, 0.15) is 18.5 Å². The summed E-state index contributed by atoms with van der Waals surface area (Å²) in [6, 6.07) is 11.5. The smallest absolute Gasteiger partial charge is 0.251 e. The molecule has 0 saturated carbocycles. The van der Waals surface area contributed by atoms with Gasteiger partial charge in [0, 0.05) is 24.2 Å². The van der Waals surface area contributed by atoms with E-state index in [2.05, 4.69) is 51.5 Å². The first-order chi connectivity index (χ1) is 13.1. The van der Waals surface area contributed by atoms with Crippen molar-refractivity contribution in [3.8, 4) is 5.69 Å². The highest BCUT2D eigenvalue weighted by molar-refractivity contribution is 5.94. The number of carbonyl (C=O) groups is 1. The number of nitrogens with zero attached hydrogens (tertiary/aromatic N) is 4. The molecule has 0 unspecified atom stereocenters. The summed E-state index contributed by atoms with van der Waals surface area (Å²) >= 11 is 0. The van der Waals surface area contributed by atoms with Crippen molar-refractivity contribution < 1.29 is 4.79 Å². The van der Waals surface area contributed by atoms with Crippen molar-refractivity contribution in [2.45, 2.75) is 20.3 Å². The normalized spacial score (nSPS) is 11.0. The minimum atomic E-state index is -0.118. The first-order valence-corrected chi connectivity index (χ1v) is 8.79. The van der Waals surface area contributed by atoms with Crippen LogP contribution in [0.15, 0.2) is 49.1 Å². The van der Waals surface area contributed by atoms with Crippen LogP contribution < -0.4 is 5.32 Å². The number of rotatable bonds is 5. The Kier molecular flexibility index (Phi) is 4.42. The maximum Gasteiger partial charge on any atom is 0.251 e. The van der Waals surface area contributed by atoms with E-state index in [1.54, 1.807) is 23.3 Å². The van der Waals surface area contributed by atoms with Crippen LogP contribution in [0, 0.1) is 13.8 Å². The Bertz CT molecular complexity index is 1060. The van der Waals surface area contributed by atoms with E-state index in [1.165, 1.54) is 11.1 Å². The number of aromatic amines is 1. The van der Waals surface area contributed by atoms with E-state index >= 15 is 0 Å². The fourth-order valence-corrected chi connectivity index (χ4v) is 2.98. The maximum atomic E-state index is 12.4. The zero-order valence-corrected chi connectivity index (χ0v) is 15.2. The Labute approximate surface area is 156 Å². The molecule has 7 heteroatoms. The van der Waals surface area contributed by atoms with E-state index in [4.69, 9.17) is 0 Å². The van der Waals surface area contributed by atoms with Crippen LogP contribution in [0.5, 0.6) is 0 Å². The van der Waals surface area contributed by atoms with Crippen LogP contribution in [0.3, 0.4) is 0 Å². The van der Waals surface area contributed by atoms with E-state index in [1.807, 2.05) is 18.2 Å². The number of fused-ring (bicyclic) bond motifs is 1. The van der Waals surface area contributed by atoms with Crippen molar-refractivity contribution in [2.75, 3.05) is 6.54 Å². The monoisotopic (exact) mass is 360 g/mol. The zero-order valence-electron chi connectivity index (χ0n) is 15.2. The molecule has 2 aromatic carbocycles. The van der Waals surface area contributed by atoms with Gasteiger partial charge in [-0.25, -0.2) is 4.98 Å². The fraction of sp³-hybridized carbons (Fsp3) is 0.200. The van der Waals surface area contributed by atoms with Crippen LogP contribution in [0.1, 0.15) is 27.3 Å². The second-order valence-electron chi connectivity index (χ2n) is 6.56. The molecule has 7 nitrogen and oxygen atoms in total. The molecule has 27 heavy (non-hydrogen) atoms. The van der Waals surface area contributed by atoms with Gasteiger partial charge < -0.3 is 10.3 Å². The lowest BCUT2D eigenvalue weighted by Gasteiger charge is -2.06. The van der Waals surface area contributed by atoms with Gasteiger partial charge in [-0.1, -0.05) is 6.07 Å². The Morgan fingerprint density at radius 2 is 1.89 bits per heavy atom. The molecule has 2 aromatic heterocycles. The van der Waals surface area contributed by atoms with Crippen molar-refractivity contribution >= 4 is 16.9 Å². The summed E-state index contributed by atoms with van der Waals surface area (Å²) in [6.07, 6.45) is 3.84. The SMILES string of the molecule is Cc1cc2nc(CCNC(=O)c3cccc(-n4cnnc4)c3)[nH]c2cc1C. The molecule has 4 rings (SSSR count). The largest absolute Gasteiger partial charge is 0.352 e. The summed E-state index contributed by atoms with van der Waals surface area (Å²) in [7, 11) is 0. The number of H-pyrrole nitrogens is 1. The molecule has 0 bridgehead atoms. The van der Waals surface area contributed by atoms with Gasteiger partial charge in [-0.2, -0.15) is 0 Å². The van der Waals surface area contributed by atoms with Crippen molar-refractivity contribution in [3.63, 3.8) is 0 Å². The van der Waals surface area contributed by atoms with E-state index in [-0.39, 0.29) is 5.91 Å². The minimum Gasteiger partial charge on any atom is -0.352 e. The predicted molar refractivity (Wildman–Crippen MR) is 103 cm³/mol. The molecule has 0 aliphatic heterocycles. The van der Waals surface area contributed by atoms with Gasteiger partial charge in [-0.05, 0) is 55.3 Å². The Balaban J connectivity index is 1.40. The van der Waals surface area contributed by atoms with Gasteiger partial charge in [0.15, 0.2) is 0 Å². The Hall–Kier alpha value is -3.48. The second kappa shape index (κ2) is 7.03. The molecular weight excluding hydrogens is 340 g/mol. The van der Waals surface area contributed by atoms with Crippen LogP contribution in [0.4, 0.5) is 0 Å². The number of aryl methyl sites for hydroxylation is 2. The van der Waals surface area contributed by atoms with Gasteiger partial charge in [0.05, 0.1) is 11.0 Å². The molecule has 136 valence electrons. The number of carbonyl (C=O) groups excluding carboxylic acids is 1. The van der Waals surface area contributed by atoms with Crippen molar-refractivity contribution in [3.05, 3.63) is 71.6 Å². The number of hydrogen-bond donors (Lipinski definition) is 2. The standard InChI is InChI=1S/C20H20N6O/c1-13-8-17-18(9-14(13)2)25-19(24-17)6-7-21-20(27)15-4-3-5-16(10-15)26-11-22-23-12-26/h3-5,8-12H,6-7H2,1-2H3,(H,21,27)(H,24,25). The van der Waals surface area contributed by atoms with Gasteiger partial charge in [0.25, 0.3) is 5.91 Å². The highest BCUT2D eigenvalue weighted by atomic mass is 16.1. The third kappa shape index (κ3) is 3.57. The lowest BCUT2D eigenvalue weighted by Crippen LogP contribution is -2.26. The molecule has 0 atom stereocenters. The minimum absolute atomic E-state index is 0.118. The average molecular weight is 360 g/mol. The summed E-state index contributed by atoms with van der Waals surface area (Å²) in [5, 5.41) is 10.5. The number of benzene rings is 2. The van der Waals surface area contributed by atoms with E-state index in [0.717, 1.165) is 22.5 Å². The highest BCUT2D eigenvalue weighted by Crippen LogP contribution is 2.17. The molecule has 4 aromatic rings. The molecule has 2 heterocycles. The predicted octanol–water partition coefficient (Wildman–Crippen LogP) is 2.73. The number of imidazole rings is 1. The molecule has 0 aliphatic rings. The summed E-state index contributed by atoms with van der Waals surface area (Å²) in [5.74, 6) is 0.751. The van der Waals surface area contributed by atoms with Crippen molar-refractivity contribution in [1.82, 2.24) is 30.0 Å². The van der Waals surface area contributed by atoms with E-state index in [0.29, 0.717) is 18.5 Å². The highest BCUT2D eigenvalue weighted by Gasteiger charge is 2.09. The molecule has 0 saturated heterocycles. The third-order valence-electron chi connectivity index (χ3n) is 4.62. The molecule has 0 fully saturated rings. The van der Waals surface area contributed by atoms with Crippen LogP contribution in [-0.2, 0) is 6.42 Å². The topological polar surface area (TPSA) is 88.5 Å². The number of aromatic nitrogens is 5. The van der Waals surface area contributed by atoms with Crippen molar-refractivity contribution in [2.24, 2.45) is 0 Å². The van der Waals surface area contributed by atoms with E-state index in [9.17, 15) is 4.79 Å². The summed E-state index contributed by atoms with van der Waals surface area (Å²) < 4.78 is 1.76. The first kappa shape index (κ1) is 17.0. The van der Waals surface area contributed by atoms with Gasteiger partial charge >= 0.3 is 0 Å². The van der Waals surface area contributed by atoms with Gasteiger partial charge in [0.2, 0.25) is 0 Å². The van der Waals surface area contributed by atoms with Crippen molar-refractivity contribution in [1.29, 1.82) is 0 Å². The van der Waals surface area contributed by atoms with Crippen LogP contribution in [-0.4, -0.2) is 37.2 Å². The molecule has 2 N–H and O–H groups in total. The number of amides is 1. The average Bonchev–Trinajstić information content (AvgIpc) is 3.32. The number of nitrogens with one attached hydrogen (secondary N) is 2. The van der Waals surface area contributed by atoms with E-state index < -0.39 is 0 Å². The lowest BCUT2D eigenvalue weighted by atomic mass is 10.1. The first-order valence-electron chi connectivity index (χ1n) is 8.79. The molecule has 0 spiro atoms. The molecule has 0 radical (unpaired) electrons. The molecule has 1 amide bonds. The quantitative estimate of drug-likeness (QED) is 0.573. The Morgan fingerprint density at radius 1 is 1.11 bits per heavy atom.